The molecule has 1 unspecified atom stereocenters. The molecule has 1 saturated heterocycles. The minimum atomic E-state index is -0.538. The van der Waals surface area contributed by atoms with Crippen molar-refractivity contribution in [3.8, 4) is 0 Å². The molecule has 0 aliphatic carbocycles. The normalized spacial score (nSPS) is 17.3. The first-order valence-corrected chi connectivity index (χ1v) is 10.9. The Hall–Kier alpha value is -2.02. The molecule has 6 heteroatoms. The molecule has 4 nitrogen and oxygen atoms in total. The van der Waals surface area contributed by atoms with Crippen molar-refractivity contribution in [1.82, 2.24) is 10.3 Å². The highest BCUT2D eigenvalue weighted by Crippen LogP contribution is 2.36. The molecule has 1 aliphatic rings. The predicted molar refractivity (Wildman–Crippen MR) is 109 cm³/mol. The van der Waals surface area contributed by atoms with Crippen LogP contribution in [0.25, 0.3) is 0 Å². The molecule has 1 aromatic carbocycles. The number of nitrogens with one attached hydrogen (secondary N) is 1. The van der Waals surface area contributed by atoms with Gasteiger partial charge in [-0.2, -0.15) is 11.3 Å². The van der Waals surface area contributed by atoms with Crippen LogP contribution in [0.4, 0.5) is 0 Å². The van der Waals surface area contributed by atoms with Crippen molar-refractivity contribution in [2.24, 2.45) is 0 Å². The minimum absolute atomic E-state index is 0.0763. The summed E-state index contributed by atoms with van der Waals surface area (Å²) < 4.78 is 5.57. The lowest BCUT2D eigenvalue weighted by molar-refractivity contribution is -0.131. The van der Waals surface area contributed by atoms with Crippen molar-refractivity contribution in [1.29, 1.82) is 0 Å². The number of carbonyl (C=O) groups is 1. The third-order valence-corrected chi connectivity index (χ3v) is 6.80. The number of benzene rings is 1. The molecule has 0 saturated carbocycles. The van der Waals surface area contributed by atoms with Crippen LogP contribution in [0.5, 0.6) is 0 Å². The van der Waals surface area contributed by atoms with Crippen LogP contribution in [0.3, 0.4) is 0 Å². The van der Waals surface area contributed by atoms with Crippen LogP contribution in [0.2, 0.25) is 0 Å². The Labute approximate surface area is 167 Å². The van der Waals surface area contributed by atoms with Gasteiger partial charge in [-0.15, -0.1) is 11.3 Å². The monoisotopic (exact) mass is 398 g/mol. The standard InChI is InChI=1S/C21H22N2O2S2/c24-20(21(7-10-25-11-8-21)17-4-2-1-3-5-17)23-18(19-22-9-13-27-19)14-16-6-12-26-15-16/h1-6,9,12-13,15,18H,7-8,10-11,14H2,(H,23,24). The molecule has 4 rings (SSSR count). The van der Waals surface area contributed by atoms with E-state index >= 15 is 0 Å². The molecule has 3 aromatic rings. The Balaban J connectivity index is 1.62. The number of nitrogens with zero attached hydrogens (tertiary/aromatic N) is 1. The van der Waals surface area contributed by atoms with Gasteiger partial charge in [-0.3, -0.25) is 4.79 Å². The highest BCUT2D eigenvalue weighted by Gasteiger charge is 2.42. The molecule has 1 amide bonds. The molecule has 1 atom stereocenters. The van der Waals surface area contributed by atoms with E-state index in [1.807, 2.05) is 23.6 Å². The molecule has 0 spiro atoms. The summed E-state index contributed by atoms with van der Waals surface area (Å²) in [6, 6.07) is 12.1. The van der Waals surface area contributed by atoms with Crippen molar-refractivity contribution < 1.29 is 9.53 Å². The van der Waals surface area contributed by atoms with Crippen LogP contribution in [0.1, 0.15) is 35.0 Å². The van der Waals surface area contributed by atoms with Gasteiger partial charge in [0, 0.05) is 31.2 Å². The molecule has 27 heavy (non-hydrogen) atoms. The second kappa shape index (κ2) is 8.33. The summed E-state index contributed by atoms with van der Waals surface area (Å²) in [6.45, 7) is 1.21. The van der Waals surface area contributed by atoms with Crippen LogP contribution >= 0.6 is 22.7 Å². The fraction of sp³-hybridized carbons (Fsp3) is 0.333. The van der Waals surface area contributed by atoms with Crippen LogP contribution in [-0.2, 0) is 21.4 Å². The zero-order chi connectivity index (χ0) is 18.5. The highest BCUT2D eigenvalue weighted by molar-refractivity contribution is 7.09. The van der Waals surface area contributed by atoms with Crippen LogP contribution in [-0.4, -0.2) is 24.1 Å². The summed E-state index contributed by atoms with van der Waals surface area (Å²) >= 11 is 3.26. The summed E-state index contributed by atoms with van der Waals surface area (Å²) in [5.74, 6) is 0.0763. The number of thiophene rings is 1. The smallest absolute Gasteiger partial charge is 0.231 e. The van der Waals surface area contributed by atoms with Gasteiger partial charge in [-0.05, 0) is 40.8 Å². The number of hydrogen-bond acceptors (Lipinski definition) is 5. The fourth-order valence-electron chi connectivity index (χ4n) is 3.67. The number of amides is 1. The zero-order valence-electron chi connectivity index (χ0n) is 15.0. The molecule has 0 bridgehead atoms. The van der Waals surface area contributed by atoms with Crippen LogP contribution in [0, 0.1) is 0 Å². The van der Waals surface area contributed by atoms with Gasteiger partial charge in [-0.25, -0.2) is 4.98 Å². The van der Waals surface area contributed by atoms with Gasteiger partial charge in [0.25, 0.3) is 0 Å². The molecule has 1 aliphatic heterocycles. The van der Waals surface area contributed by atoms with Gasteiger partial charge in [0.05, 0.1) is 11.5 Å². The van der Waals surface area contributed by atoms with E-state index in [1.165, 1.54) is 5.56 Å². The van der Waals surface area contributed by atoms with Crippen molar-refractivity contribution in [3.05, 3.63) is 74.9 Å². The average molecular weight is 399 g/mol. The van der Waals surface area contributed by atoms with Gasteiger partial charge in [0.15, 0.2) is 0 Å². The molecule has 0 radical (unpaired) electrons. The predicted octanol–water partition coefficient (Wildman–Crippen LogP) is 4.35. The third kappa shape index (κ3) is 3.98. The number of thiazole rings is 1. The maximum atomic E-state index is 13.6. The maximum absolute atomic E-state index is 13.6. The van der Waals surface area contributed by atoms with Crippen molar-refractivity contribution in [3.63, 3.8) is 0 Å². The Morgan fingerprint density at radius 3 is 2.67 bits per heavy atom. The quantitative estimate of drug-likeness (QED) is 0.671. The topological polar surface area (TPSA) is 51.2 Å². The molecule has 3 heterocycles. The largest absolute Gasteiger partial charge is 0.381 e. The lowest BCUT2D eigenvalue weighted by atomic mass is 9.73. The van der Waals surface area contributed by atoms with Gasteiger partial charge in [0.1, 0.15) is 5.01 Å². The number of rotatable bonds is 6. The van der Waals surface area contributed by atoms with Gasteiger partial charge >= 0.3 is 0 Å². The Morgan fingerprint density at radius 1 is 1.19 bits per heavy atom. The van der Waals surface area contributed by atoms with Gasteiger partial charge < -0.3 is 10.1 Å². The first-order chi connectivity index (χ1) is 13.3. The maximum Gasteiger partial charge on any atom is 0.231 e. The summed E-state index contributed by atoms with van der Waals surface area (Å²) in [6.07, 6.45) is 3.95. The lowest BCUT2D eigenvalue weighted by Crippen LogP contribution is -2.49. The van der Waals surface area contributed by atoms with E-state index in [1.54, 1.807) is 28.9 Å². The molecule has 2 aromatic heterocycles. The molecule has 1 fully saturated rings. The summed E-state index contributed by atoms with van der Waals surface area (Å²) in [7, 11) is 0. The van der Waals surface area contributed by atoms with Crippen molar-refractivity contribution >= 4 is 28.6 Å². The van der Waals surface area contributed by atoms with Gasteiger partial charge in [-0.1, -0.05) is 30.3 Å². The second-order valence-corrected chi connectivity index (χ2v) is 8.50. The average Bonchev–Trinajstić information content (AvgIpc) is 3.43. The third-order valence-electron chi connectivity index (χ3n) is 5.18. The van der Waals surface area contributed by atoms with E-state index in [2.05, 4.69) is 39.3 Å². The van der Waals surface area contributed by atoms with E-state index in [-0.39, 0.29) is 11.9 Å². The first-order valence-electron chi connectivity index (χ1n) is 9.13. The summed E-state index contributed by atoms with van der Waals surface area (Å²) in [5.41, 5.74) is 1.75. The first kappa shape index (κ1) is 18.3. The van der Waals surface area contributed by atoms with Crippen molar-refractivity contribution in [2.45, 2.75) is 30.7 Å². The Morgan fingerprint density at radius 2 is 2.00 bits per heavy atom. The Kier molecular flexibility index (Phi) is 5.66. The fourth-order valence-corrected chi connectivity index (χ4v) is 5.04. The highest BCUT2D eigenvalue weighted by atomic mass is 32.1. The number of ether oxygens (including phenoxy) is 1. The molecular formula is C21H22N2O2S2. The van der Waals surface area contributed by atoms with Crippen LogP contribution in [0.15, 0.2) is 58.7 Å². The van der Waals surface area contributed by atoms with E-state index in [4.69, 9.17) is 4.74 Å². The van der Waals surface area contributed by atoms with Gasteiger partial charge in [0.2, 0.25) is 5.91 Å². The SMILES string of the molecule is O=C(NC(Cc1ccsc1)c1nccs1)C1(c2ccccc2)CCOCC1. The minimum Gasteiger partial charge on any atom is -0.381 e. The molecular weight excluding hydrogens is 376 g/mol. The van der Waals surface area contributed by atoms with Crippen molar-refractivity contribution in [2.75, 3.05) is 13.2 Å². The van der Waals surface area contributed by atoms with E-state index in [9.17, 15) is 4.79 Å². The second-order valence-electron chi connectivity index (χ2n) is 6.79. The number of aromatic nitrogens is 1. The summed E-state index contributed by atoms with van der Waals surface area (Å²) in [4.78, 5) is 18.0. The lowest BCUT2D eigenvalue weighted by Gasteiger charge is -2.37. The molecule has 140 valence electrons. The Bertz CT molecular complexity index is 842. The van der Waals surface area contributed by atoms with E-state index < -0.39 is 5.41 Å². The van der Waals surface area contributed by atoms with E-state index in [0.29, 0.717) is 26.1 Å². The van der Waals surface area contributed by atoms with Crippen LogP contribution < -0.4 is 5.32 Å². The number of carbonyl (C=O) groups excluding carboxylic acids is 1. The zero-order valence-corrected chi connectivity index (χ0v) is 16.6. The molecule has 1 N–H and O–H groups in total. The summed E-state index contributed by atoms with van der Waals surface area (Å²) in [5, 5.41) is 10.4. The van der Waals surface area contributed by atoms with E-state index in [0.717, 1.165) is 17.0 Å². The number of hydrogen-bond donors (Lipinski definition) is 1.